The molecule has 0 radical (unpaired) electrons. The van der Waals surface area contributed by atoms with Gasteiger partial charge in [-0.3, -0.25) is 4.79 Å². The topological polar surface area (TPSA) is 75.3 Å². The maximum absolute atomic E-state index is 11.6. The lowest BCUT2D eigenvalue weighted by molar-refractivity contribution is -0.293. The lowest BCUT2D eigenvalue weighted by Crippen LogP contribution is -2.70. The van der Waals surface area contributed by atoms with E-state index in [9.17, 15) is 4.79 Å². The fourth-order valence-corrected chi connectivity index (χ4v) is 3.18. The van der Waals surface area contributed by atoms with Crippen LogP contribution in [0.15, 0.2) is 0 Å². The van der Waals surface area contributed by atoms with E-state index in [1.54, 1.807) is 28.4 Å². The van der Waals surface area contributed by atoms with Gasteiger partial charge >= 0.3 is 0 Å². The van der Waals surface area contributed by atoms with E-state index in [1.165, 1.54) is 0 Å². The van der Waals surface area contributed by atoms with Gasteiger partial charge in [0.05, 0.1) is 6.61 Å². The Kier molecular flexibility index (Phi) is 4.98. The Bertz CT molecular complexity index is 352. The van der Waals surface area contributed by atoms with Crippen LogP contribution >= 0.6 is 0 Å². The van der Waals surface area contributed by atoms with E-state index < -0.39 is 11.8 Å². The number of hydrogen-bond acceptors (Lipinski definition) is 6. The quantitative estimate of drug-likeness (QED) is 0.748. The first-order valence-electron chi connectivity index (χ1n) is 6.68. The minimum atomic E-state index is -0.870. The molecule has 7 nitrogen and oxygen atoms in total. The van der Waals surface area contributed by atoms with Gasteiger partial charge in [-0.2, -0.15) is 0 Å². The van der Waals surface area contributed by atoms with Gasteiger partial charge in [-0.25, -0.2) is 0 Å². The molecular formula is C13H23NO6. The Balaban J connectivity index is 2.30. The largest absolute Gasteiger partial charge is 0.382 e. The van der Waals surface area contributed by atoms with E-state index in [0.717, 1.165) is 0 Å². The van der Waals surface area contributed by atoms with Crippen molar-refractivity contribution in [2.75, 3.05) is 35.0 Å². The lowest BCUT2D eigenvalue weighted by Gasteiger charge is -2.50. The van der Waals surface area contributed by atoms with E-state index in [-0.39, 0.29) is 24.2 Å². The Morgan fingerprint density at radius 3 is 2.35 bits per heavy atom. The predicted octanol–water partition coefficient (Wildman–Crippen LogP) is -0.317. The fraction of sp³-hybridized carbons (Fsp3) is 0.923. The number of ether oxygens (including phenoxy) is 5. The SMILES string of the molecule is COC[C@H]1O[C@@]2(CCC(=O)N2)[C@@H](OC)[C@@H](OC)[C@@H]1OC. The molecule has 116 valence electrons. The van der Waals surface area contributed by atoms with Crippen LogP contribution in [0.25, 0.3) is 0 Å². The number of rotatable bonds is 5. The smallest absolute Gasteiger partial charge is 0.222 e. The minimum absolute atomic E-state index is 0.0473. The van der Waals surface area contributed by atoms with Gasteiger partial charge < -0.3 is 29.0 Å². The molecule has 0 aromatic heterocycles. The third-order valence-electron chi connectivity index (χ3n) is 4.01. The van der Waals surface area contributed by atoms with Crippen LogP contribution < -0.4 is 5.32 Å². The Hall–Kier alpha value is -0.730. The van der Waals surface area contributed by atoms with E-state index in [4.69, 9.17) is 23.7 Å². The molecule has 5 atom stereocenters. The van der Waals surface area contributed by atoms with Gasteiger partial charge in [0.25, 0.3) is 0 Å². The maximum Gasteiger partial charge on any atom is 0.222 e. The summed E-state index contributed by atoms with van der Waals surface area (Å²) in [4.78, 5) is 11.6. The molecule has 2 fully saturated rings. The molecule has 2 heterocycles. The first kappa shape index (κ1) is 15.7. The van der Waals surface area contributed by atoms with Crippen molar-refractivity contribution in [3.05, 3.63) is 0 Å². The molecule has 0 aromatic rings. The van der Waals surface area contributed by atoms with E-state index in [2.05, 4.69) is 5.32 Å². The van der Waals surface area contributed by atoms with Crippen molar-refractivity contribution in [3.8, 4) is 0 Å². The molecule has 0 aromatic carbocycles. The van der Waals surface area contributed by atoms with Crippen molar-refractivity contribution in [2.24, 2.45) is 0 Å². The van der Waals surface area contributed by atoms with Crippen LogP contribution in [0, 0.1) is 0 Å². The van der Waals surface area contributed by atoms with Gasteiger partial charge in [0.1, 0.15) is 24.4 Å². The van der Waals surface area contributed by atoms with Crippen molar-refractivity contribution < 1.29 is 28.5 Å². The molecule has 2 aliphatic rings. The second-order valence-electron chi connectivity index (χ2n) is 5.11. The van der Waals surface area contributed by atoms with E-state index >= 15 is 0 Å². The molecule has 0 unspecified atom stereocenters. The third-order valence-corrected chi connectivity index (χ3v) is 4.01. The molecule has 2 rings (SSSR count). The van der Waals surface area contributed by atoms with Crippen LogP contribution in [0.5, 0.6) is 0 Å². The summed E-state index contributed by atoms with van der Waals surface area (Å²) in [7, 11) is 6.37. The van der Waals surface area contributed by atoms with Crippen molar-refractivity contribution in [1.82, 2.24) is 5.32 Å². The highest BCUT2D eigenvalue weighted by molar-refractivity contribution is 5.79. The molecule has 1 N–H and O–H groups in total. The molecule has 2 aliphatic heterocycles. The normalized spacial score (nSPS) is 41.1. The Morgan fingerprint density at radius 2 is 1.90 bits per heavy atom. The minimum Gasteiger partial charge on any atom is -0.382 e. The standard InChI is InChI=1S/C13H23NO6/c1-16-7-8-10(17-2)11(18-3)12(19-4)13(20-8)6-5-9(15)14-13/h8,10-12H,5-7H2,1-4H3,(H,14,15)/t8-,10-,11+,12+,13+/m1/s1. The number of hydrogen-bond donors (Lipinski definition) is 1. The number of carbonyl (C=O) groups excluding carboxylic acids is 1. The van der Waals surface area contributed by atoms with Crippen LogP contribution in [0.2, 0.25) is 0 Å². The predicted molar refractivity (Wildman–Crippen MR) is 69.2 cm³/mol. The molecule has 1 spiro atoms. The first-order chi connectivity index (χ1) is 9.61. The third kappa shape index (κ3) is 2.56. The molecule has 2 saturated heterocycles. The monoisotopic (exact) mass is 289 g/mol. The molecule has 0 bridgehead atoms. The van der Waals surface area contributed by atoms with Crippen molar-refractivity contribution in [3.63, 3.8) is 0 Å². The van der Waals surface area contributed by atoms with Crippen LogP contribution in [-0.4, -0.2) is 71.1 Å². The Morgan fingerprint density at radius 1 is 1.20 bits per heavy atom. The molecule has 0 saturated carbocycles. The van der Waals surface area contributed by atoms with E-state index in [1.807, 2.05) is 0 Å². The zero-order valence-corrected chi connectivity index (χ0v) is 12.4. The van der Waals surface area contributed by atoms with Gasteiger partial charge in [0.15, 0.2) is 5.72 Å². The van der Waals surface area contributed by atoms with Gasteiger partial charge in [0, 0.05) is 41.3 Å². The number of amides is 1. The molecule has 7 heteroatoms. The van der Waals surface area contributed by atoms with Gasteiger partial charge in [-0.15, -0.1) is 0 Å². The fourth-order valence-electron chi connectivity index (χ4n) is 3.18. The first-order valence-corrected chi connectivity index (χ1v) is 6.68. The Labute approximate surface area is 118 Å². The molecule has 1 amide bonds. The summed E-state index contributed by atoms with van der Waals surface area (Å²) < 4.78 is 27.9. The average Bonchev–Trinajstić information content (AvgIpc) is 2.80. The molecule has 0 aliphatic carbocycles. The van der Waals surface area contributed by atoms with E-state index in [0.29, 0.717) is 19.4 Å². The summed E-state index contributed by atoms with van der Waals surface area (Å²) in [6.07, 6.45) is -0.490. The zero-order valence-electron chi connectivity index (χ0n) is 12.4. The zero-order chi connectivity index (χ0) is 14.8. The molecular weight excluding hydrogens is 266 g/mol. The van der Waals surface area contributed by atoms with Gasteiger partial charge in [-0.05, 0) is 0 Å². The summed E-state index contributed by atoms with van der Waals surface area (Å²) in [5.41, 5.74) is -0.870. The number of methoxy groups -OCH3 is 4. The summed E-state index contributed by atoms with van der Waals surface area (Å²) in [5.74, 6) is -0.0473. The van der Waals surface area contributed by atoms with Gasteiger partial charge in [-0.1, -0.05) is 0 Å². The van der Waals surface area contributed by atoms with Crippen LogP contribution in [-0.2, 0) is 28.5 Å². The van der Waals surface area contributed by atoms with Crippen molar-refractivity contribution >= 4 is 5.91 Å². The maximum atomic E-state index is 11.6. The number of nitrogens with one attached hydrogen (secondary N) is 1. The summed E-state index contributed by atoms with van der Waals surface area (Å²) >= 11 is 0. The van der Waals surface area contributed by atoms with Gasteiger partial charge in [0.2, 0.25) is 5.91 Å². The van der Waals surface area contributed by atoms with Crippen LogP contribution in [0.1, 0.15) is 12.8 Å². The summed E-state index contributed by atoms with van der Waals surface area (Å²) in [6.45, 7) is 0.354. The average molecular weight is 289 g/mol. The number of carbonyl (C=O) groups is 1. The second kappa shape index (κ2) is 6.36. The molecule has 20 heavy (non-hydrogen) atoms. The lowest BCUT2D eigenvalue weighted by atomic mass is 9.89. The van der Waals surface area contributed by atoms with Crippen LogP contribution in [0.4, 0.5) is 0 Å². The highest BCUT2D eigenvalue weighted by atomic mass is 16.6. The second-order valence-corrected chi connectivity index (χ2v) is 5.11. The highest BCUT2D eigenvalue weighted by Gasteiger charge is 2.58. The summed E-state index contributed by atoms with van der Waals surface area (Å²) in [6, 6.07) is 0. The van der Waals surface area contributed by atoms with Crippen molar-refractivity contribution in [2.45, 2.75) is 43.0 Å². The van der Waals surface area contributed by atoms with Crippen LogP contribution in [0.3, 0.4) is 0 Å². The van der Waals surface area contributed by atoms with Crippen molar-refractivity contribution in [1.29, 1.82) is 0 Å². The highest BCUT2D eigenvalue weighted by Crippen LogP contribution is 2.38. The summed E-state index contributed by atoms with van der Waals surface area (Å²) in [5, 5.41) is 2.89.